The quantitative estimate of drug-likeness (QED) is 0.114. The number of aliphatic carboxylic acids is 1. The smallest absolute Gasteiger partial charge is 0.310 e. The summed E-state index contributed by atoms with van der Waals surface area (Å²) < 4.78 is 11.1. The summed E-state index contributed by atoms with van der Waals surface area (Å²) in [6, 6.07) is 21.8. The number of benzene rings is 3. The van der Waals surface area contributed by atoms with Crippen molar-refractivity contribution in [1.82, 2.24) is 41.3 Å². The Bertz CT molecular complexity index is 2320. The van der Waals surface area contributed by atoms with E-state index in [2.05, 4.69) is 21.3 Å². The van der Waals surface area contributed by atoms with E-state index >= 15 is 0 Å². The highest BCUT2D eigenvalue weighted by Crippen LogP contribution is 2.27. The van der Waals surface area contributed by atoms with E-state index in [1.54, 1.807) is 59.6 Å². The molecule has 0 aromatic heterocycles. The minimum Gasteiger partial charge on any atom is -0.481 e. The molecule has 20 nitrogen and oxygen atoms in total. The first-order valence-electron chi connectivity index (χ1n) is 23.4. The molecule has 0 saturated carbocycles. The van der Waals surface area contributed by atoms with E-state index < -0.39 is 66.8 Å². The average molecular weight is 951 g/mol. The van der Waals surface area contributed by atoms with Crippen LogP contribution in [0.15, 0.2) is 91.0 Å². The van der Waals surface area contributed by atoms with Crippen LogP contribution in [-0.4, -0.2) is 148 Å². The molecule has 5 N–H and O–H groups in total. The number of hydrogen-bond acceptors (Lipinski definition) is 13. The van der Waals surface area contributed by atoms with Crippen molar-refractivity contribution in [2.45, 2.75) is 113 Å². The molecule has 2 unspecified atom stereocenters. The van der Waals surface area contributed by atoms with Gasteiger partial charge in [0.2, 0.25) is 18.1 Å². The molecule has 3 aromatic carbocycles. The van der Waals surface area contributed by atoms with Crippen molar-refractivity contribution in [3.63, 3.8) is 0 Å². The summed E-state index contributed by atoms with van der Waals surface area (Å²) >= 11 is 0. The molecule has 5 saturated heterocycles. The van der Waals surface area contributed by atoms with Gasteiger partial charge in [-0.3, -0.25) is 48.4 Å². The summed E-state index contributed by atoms with van der Waals surface area (Å²) in [7, 11) is 0. The Morgan fingerprint density at radius 1 is 0.652 bits per heavy atom. The highest BCUT2D eigenvalue weighted by atomic mass is 16.7. The second-order valence-electron chi connectivity index (χ2n) is 17.5. The molecule has 6 amide bonds. The fraction of sp³-hybridized carbons (Fsp3) is 0.449. The molecule has 7 atom stereocenters. The van der Waals surface area contributed by atoms with Crippen LogP contribution >= 0.6 is 0 Å². The van der Waals surface area contributed by atoms with Crippen LogP contribution in [-0.2, 0) is 49.6 Å². The van der Waals surface area contributed by atoms with Gasteiger partial charge in [-0.1, -0.05) is 66.7 Å². The van der Waals surface area contributed by atoms with E-state index in [1.165, 1.54) is 10.0 Å². The van der Waals surface area contributed by atoms with Crippen molar-refractivity contribution in [1.29, 1.82) is 0 Å². The lowest BCUT2D eigenvalue weighted by Gasteiger charge is -2.43. The largest absolute Gasteiger partial charge is 0.481 e. The van der Waals surface area contributed by atoms with E-state index in [-0.39, 0.29) is 42.6 Å². The lowest BCUT2D eigenvalue weighted by Crippen LogP contribution is -2.63. The van der Waals surface area contributed by atoms with Gasteiger partial charge >= 0.3 is 11.9 Å². The molecule has 69 heavy (non-hydrogen) atoms. The topological polar surface area (TPSA) is 253 Å². The van der Waals surface area contributed by atoms with Crippen molar-refractivity contribution >= 4 is 53.7 Å². The predicted molar refractivity (Wildman–Crippen MR) is 245 cm³/mol. The van der Waals surface area contributed by atoms with Gasteiger partial charge in [0.05, 0.1) is 25.5 Å². The van der Waals surface area contributed by atoms with E-state index in [4.69, 9.17) is 14.6 Å². The molecule has 5 aliphatic rings. The maximum absolute atomic E-state index is 13.7. The number of carbonyl (C=O) groups is 9. The number of ether oxygens (including phenoxy) is 2. The molecule has 0 spiro atoms. The van der Waals surface area contributed by atoms with Gasteiger partial charge < -0.3 is 40.6 Å². The first-order valence-corrected chi connectivity index (χ1v) is 23.4. The van der Waals surface area contributed by atoms with Crippen LogP contribution in [0.1, 0.15) is 90.5 Å². The number of nitrogens with zero attached hydrogens (tertiary/aromatic N) is 4. The zero-order valence-electron chi connectivity index (χ0n) is 38.1. The van der Waals surface area contributed by atoms with Crippen LogP contribution in [0.4, 0.5) is 0 Å². The summed E-state index contributed by atoms with van der Waals surface area (Å²) in [5.74, 6) is -3.99. The Morgan fingerprint density at radius 3 is 1.59 bits per heavy atom. The highest BCUT2D eigenvalue weighted by molar-refractivity contribution is 5.99. The fourth-order valence-electron chi connectivity index (χ4n) is 9.19. The zero-order chi connectivity index (χ0) is 48.9. The van der Waals surface area contributed by atoms with Crippen LogP contribution in [0.25, 0.3) is 0 Å². The van der Waals surface area contributed by atoms with Gasteiger partial charge in [-0.25, -0.2) is 10.0 Å². The third-order valence-corrected chi connectivity index (χ3v) is 12.6. The van der Waals surface area contributed by atoms with Crippen LogP contribution in [0.3, 0.4) is 0 Å². The summed E-state index contributed by atoms with van der Waals surface area (Å²) in [5.41, 5.74) is 1.83. The molecule has 0 aliphatic carbocycles. The third kappa shape index (κ3) is 12.9. The van der Waals surface area contributed by atoms with Gasteiger partial charge in [0.25, 0.3) is 23.6 Å². The molecule has 8 rings (SSSR count). The molecule has 5 aliphatic heterocycles. The monoisotopic (exact) mass is 950 g/mol. The summed E-state index contributed by atoms with van der Waals surface area (Å²) in [6.45, 7) is 2.65. The molecule has 5 fully saturated rings. The minimum absolute atomic E-state index is 0.00860. The lowest BCUT2D eigenvalue weighted by molar-refractivity contribution is -0.171. The van der Waals surface area contributed by atoms with Crippen LogP contribution in [0.2, 0.25) is 0 Å². The number of cyclic esters (lactones) is 1. The number of carbonyl (C=O) groups excluding carboxylic acids is 8. The third-order valence-electron chi connectivity index (χ3n) is 12.6. The van der Waals surface area contributed by atoms with Crippen LogP contribution in [0.5, 0.6) is 0 Å². The van der Waals surface area contributed by atoms with Crippen molar-refractivity contribution < 1.29 is 57.7 Å². The van der Waals surface area contributed by atoms with Gasteiger partial charge in [-0.2, -0.15) is 0 Å². The Morgan fingerprint density at radius 2 is 1.12 bits per heavy atom. The fourth-order valence-corrected chi connectivity index (χ4v) is 9.19. The lowest BCUT2D eigenvalue weighted by atomic mass is 10.0. The molecular formula is C49H58N8O12. The molecule has 0 radical (unpaired) electrons. The number of nitrogens with one attached hydrogen (secondary N) is 4. The Balaban J connectivity index is 0.000000208. The number of carboxylic acid groups (broad SMARTS) is 1. The van der Waals surface area contributed by atoms with E-state index in [0.29, 0.717) is 88.5 Å². The second-order valence-corrected chi connectivity index (χ2v) is 17.5. The van der Waals surface area contributed by atoms with Crippen molar-refractivity contribution in [2.75, 3.05) is 26.2 Å². The van der Waals surface area contributed by atoms with E-state index in [9.17, 15) is 43.2 Å². The highest BCUT2D eigenvalue weighted by Gasteiger charge is 2.45. The number of amides is 6. The maximum Gasteiger partial charge on any atom is 0.310 e. The Hall–Kier alpha value is -7.03. The first kappa shape index (κ1) is 49.9. The molecule has 3 aromatic rings. The molecular weight excluding hydrogens is 893 g/mol. The number of rotatable bonds is 14. The number of esters is 1. The van der Waals surface area contributed by atoms with Gasteiger partial charge in [-0.15, -0.1) is 0 Å². The molecule has 366 valence electrons. The second kappa shape index (κ2) is 23.8. The van der Waals surface area contributed by atoms with E-state index in [0.717, 1.165) is 12.0 Å². The standard InChI is InChI=1S/C28H32N4O6.C21H26N4O6/c33-24-17-22(28(38-24)37-18-19-9-3-1-4-10-19)30-26(35)23-14-8-16-31-15-7-13-21(27(36)32(23)31)29-25(34)20-11-5-2-6-12-20;26-13-15(12-18(27)28)22-20(30)17-9-5-11-24-10-4-8-16(21(31)25(17)24)23-19(29)14-6-2-1-3-7-14/h1-6,9-12,21-23,28H,7-8,13-18H2,(H,29,34)(H,30,35);1-3,6-7,13,15-17H,4-5,8-12H2,(H,22,30)(H,23,29)(H,27,28)/t21-,22+,23+,28?;15?,16-,17+/m11/s1. The van der Waals surface area contributed by atoms with E-state index in [1.807, 2.05) is 41.4 Å². The van der Waals surface area contributed by atoms with Gasteiger partial charge in [0.15, 0.2) is 0 Å². The normalized spacial score (nSPS) is 24.3. The summed E-state index contributed by atoms with van der Waals surface area (Å²) in [6.07, 6.45) is 3.49. The van der Waals surface area contributed by atoms with Crippen LogP contribution in [0, 0.1) is 0 Å². The molecule has 0 bridgehead atoms. The Kier molecular flexibility index (Phi) is 17.2. The number of carboxylic acids is 1. The number of hydrazine groups is 2. The summed E-state index contributed by atoms with van der Waals surface area (Å²) in [4.78, 5) is 113. The molecule has 5 heterocycles. The number of hydrogen-bond donors (Lipinski definition) is 5. The van der Waals surface area contributed by atoms with Crippen molar-refractivity contribution in [3.05, 3.63) is 108 Å². The van der Waals surface area contributed by atoms with Crippen molar-refractivity contribution in [2.24, 2.45) is 0 Å². The SMILES string of the molecule is O=C1C[C@H](NC(=O)[C@@H]2CCCN3CCC[C@@H](NC(=O)c4ccccc4)C(=O)N23)C(OCc2ccccc2)O1.O=CC(CC(=O)O)NC(=O)[C@@H]1CCCN2CCC[C@@H](NC(=O)c3ccccc3)C(=O)N12. The molecule has 20 heteroatoms. The number of aldehydes is 1. The van der Waals surface area contributed by atoms with Gasteiger partial charge in [0, 0.05) is 37.3 Å². The zero-order valence-corrected chi connectivity index (χ0v) is 38.1. The minimum atomic E-state index is -1.21. The average Bonchev–Trinajstić information content (AvgIpc) is 3.53. The Labute approximate surface area is 398 Å². The number of fused-ring (bicyclic) bond motifs is 2. The van der Waals surface area contributed by atoms with Gasteiger partial charge in [-0.05, 0) is 81.2 Å². The van der Waals surface area contributed by atoms with Gasteiger partial charge in [0.1, 0.15) is 36.5 Å². The van der Waals surface area contributed by atoms with Crippen LogP contribution < -0.4 is 21.3 Å². The first-order chi connectivity index (χ1) is 33.4. The predicted octanol–water partition coefficient (Wildman–Crippen LogP) is 1.71. The maximum atomic E-state index is 13.7. The van der Waals surface area contributed by atoms with Crippen molar-refractivity contribution in [3.8, 4) is 0 Å². The summed E-state index contributed by atoms with van der Waals surface area (Å²) in [5, 5.41) is 26.5.